The number of hydrogen-bond acceptors (Lipinski definition) is 3. The van der Waals surface area contributed by atoms with Crippen LogP contribution in [-0.4, -0.2) is 35.6 Å². The highest BCUT2D eigenvalue weighted by atomic mass is 15.2. The van der Waals surface area contributed by atoms with Gasteiger partial charge in [0.05, 0.1) is 11.2 Å². The third kappa shape index (κ3) is 3.00. The molecule has 1 atom stereocenters. The molecule has 106 valence electrons. The van der Waals surface area contributed by atoms with Gasteiger partial charge in [0, 0.05) is 24.5 Å². The van der Waals surface area contributed by atoms with Gasteiger partial charge in [-0.05, 0) is 38.1 Å². The molecule has 0 amide bonds. The summed E-state index contributed by atoms with van der Waals surface area (Å²) in [4.78, 5) is 7.36. The molecule has 20 heavy (non-hydrogen) atoms. The van der Waals surface area contributed by atoms with Crippen LogP contribution < -0.4 is 5.32 Å². The lowest BCUT2D eigenvalue weighted by Gasteiger charge is -2.24. The van der Waals surface area contributed by atoms with Crippen LogP contribution in [0.15, 0.2) is 36.4 Å². The number of likely N-dealkylation sites (N-methyl/N-ethyl adjacent to an activating group) is 1. The maximum atomic E-state index is 4.79. The summed E-state index contributed by atoms with van der Waals surface area (Å²) in [6.45, 7) is 6.50. The zero-order valence-electron chi connectivity index (χ0n) is 12.2. The van der Waals surface area contributed by atoms with E-state index in [0.717, 1.165) is 25.2 Å². The van der Waals surface area contributed by atoms with Gasteiger partial charge in [-0.3, -0.25) is 9.88 Å². The quantitative estimate of drug-likeness (QED) is 0.904. The third-order valence-electron chi connectivity index (χ3n) is 4.15. The summed E-state index contributed by atoms with van der Waals surface area (Å²) in [5.74, 6) is 0. The van der Waals surface area contributed by atoms with Gasteiger partial charge in [-0.2, -0.15) is 0 Å². The van der Waals surface area contributed by atoms with Crippen LogP contribution in [-0.2, 0) is 6.54 Å². The molecular formula is C17H23N3. The van der Waals surface area contributed by atoms with E-state index in [1.807, 2.05) is 0 Å². The zero-order valence-corrected chi connectivity index (χ0v) is 12.2. The molecule has 3 heteroatoms. The second kappa shape index (κ2) is 6.33. The zero-order chi connectivity index (χ0) is 13.8. The second-order valence-corrected chi connectivity index (χ2v) is 5.57. The average Bonchev–Trinajstić information content (AvgIpc) is 2.92. The van der Waals surface area contributed by atoms with Gasteiger partial charge in [0.2, 0.25) is 0 Å². The Hall–Kier alpha value is -1.45. The molecule has 0 bridgehead atoms. The number of nitrogens with zero attached hydrogens (tertiary/aromatic N) is 2. The van der Waals surface area contributed by atoms with Crippen molar-refractivity contribution in [2.24, 2.45) is 0 Å². The Labute approximate surface area is 121 Å². The van der Waals surface area contributed by atoms with Gasteiger partial charge < -0.3 is 5.32 Å². The van der Waals surface area contributed by atoms with Crippen molar-refractivity contribution in [3.05, 3.63) is 42.1 Å². The first-order valence-electron chi connectivity index (χ1n) is 7.66. The van der Waals surface area contributed by atoms with Gasteiger partial charge in [-0.1, -0.05) is 31.2 Å². The molecule has 2 aromatic rings. The number of para-hydroxylation sites is 1. The van der Waals surface area contributed by atoms with Crippen LogP contribution in [0.5, 0.6) is 0 Å². The number of fused-ring (bicyclic) bond motifs is 1. The van der Waals surface area contributed by atoms with E-state index >= 15 is 0 Å². The van der Waals surface area contributed by atoms with Gasteiger partial charge in [0.25, 0.3) is 0 Å². The van der Waals surface area contributed by atoms with E-state index in [1.54, 1.807) is 0 Å². The molecular weight excluding hydrogens is 246 g/mol. The summed E-state index contributed by atoms with van der Waals surface area (Å²) in [6.07, 6.45) is 2.62. The van der Waals surface area contributed by atoms with E-state index in [2.05, 4.69) is 53.5 Å². The van der Waals surface area contributed by atoms with Crippen LogP contribution in [0, 0.1) is 0 Å². The van der Waals surface area contributed by atoms with Crippen molar-refractivity contribution in [2.75, 3.05) is 19.6 Å². The molecule has 1 saturated heterocycles. The minimum atomic E-state index is 0.670. The van der Waals surface area contributed by atoms with Crippen molar-refractivity contribution in [2.45, 2.75) is 32.4 Å². The fourth-order valence-electron chi connectivity index (χ4n) is 3.05. The molecule has 1 unspecified atom stereocenters. The molecule has 1 aliphatic rings. The van der Waals surface area contributed by atoms with Crippen LogP contribution in [0.25, 0.3) is 10.9 Å². The van der Waals surface area contributed by atoms with E-state index in [1.165, 1.54) is 30.5 Å². The summed E-state index contributed by atoms with van der Waals surface area (Å²) in [5, 5.41) is 4.70. The number of nitrogens with one attached hydrogen (secondary N) is 1. The van der Waals surface area contributed by atoms with Crippen LogP contribution in [0.1, 0.15) is 25.5 Å². The summed E-state index contributed by atoms with van der Waals surface area (Å²) in [6, 6.07) is 13.4. The molecule has 0 spiro atoms. The lowest BCUT2D eigenvalue weighted by atomic mass is 10.2. The molecule has 3 rings (SSSR count). The molecule has 3 nitrogen and oxygen atoms in total. The molecule has 0 radical (unpaired) electrons. The van der Waals surface area contributed by atoms with Crippen molar-refractivity contribution in [3.8, 4) is 0 Å². The van der Waals surface area contributed by atoms with Gasteiger partial charge in [0.1, 0.15) is 0 Å². The first-order chi connectivity index (χ1) is 9.86. The summed E-state index contributed by atoms with van der Waals surface area (Å²) >= 11 is 0. The van der Waals surface area contributed by atoms with Crippen LogP contribution >= 0.6 is 0 Å². The SMILES string of the molecule is CCNCC1CCCN1Cc1ccc2ccccc2n1. The smallest absolute Gasteiger partial charge is 0.0705 e. The molecule has 0 aliphatic carbocycles. The lowest BCUT2D eigenvalue weighted by Crippen LogP contribution is -2.37. The van der Waals surface area contributed by atoms with Crippen molar-refractivity contribution in [1.29, 1.82) is 0 Å². The van der Waals surface area contributed by atoms with Gasteiger partial charge in [0.15, 0.2) is 0 Å². The lowest BCUT2D eigenvalue weighted by molar-refractivity contribution is 0.238. The molecule has 1 fully saturated rings. The predicted molar refractivity (Wildman–Crippen MR) is 83.7 cm³/mol. The minimum Gasteiger partial charge on any atom is -0.315 e. The number of rotatable bonds is 5. The fourth-order valence-corrected chi connectivity index (χ4v) is 3.05. The molecule has 1 aromatic carbocycles. The molecule has 0 saturated carbocycles. The first-order valence-corrected chi connectivity index (χ1v) is 7.66. The number of aromatic nitrogens is 1. The van der Waals surface area contributed by atoms with Gasteiger partial charge in [-0.15, -0.1) is 0 Å². The summed E-state index contributed by atoms with van der Waals surface area (Å²) < 4.78 is 0. The van der Waals surface area contributed by atoms with Crippen molar-refractivity contribution in [3.63, 3.8) is 0 Å². The monoisotopic (exact) mass is 269 g/mol. The Bertz CT molecular complexity index is 567. The highest BCUT2D eigenvalue weighted by molar-refractivity contribution is 5.78. The topological polar surface area (TPSA) is 28.2 Å². The predicted octanol–water partition coefficient (Wildman–Crippen LogP) is 2.81. The third-order valence-corrected chi connectivity index (χ3v) is 4.15. The molecule has 1 aliphatic heterocycles. The number of benzene rings is 1. The van der Waals surface area contributed by atoms with Crippen LogP contribution in [0.4, 0.5) is 0 Å². The number of hydrogen-bond donors (Lipinski definition) is 1. The minimum absolute atomic E-state index is 0.670. The van der Waals surface area contributed by atoms with E-state index in [4.69, 9.17) is 4.98 Å². The van der Waals surface area contributed by atoms with Crippen molar-refractivity contribution < 1.29 is 0 Å². The normalized spacial score (nSPS) is 19.8. The fraction of sp³-hybridized carbons (Fsp3) is 0.471. The van der Waals surface area contributed by atoms with Crippen molar-refractivity contribution >= 4 is 10.9 Å². The second-order valence-electron chi connectivity index (χ2n) is 5.57. The largest absolute Gasteiger partial charge is 0.315 e. The Kier molecular flexibility index (Phi) is 4.28. The standard InChI is InChI=1S/C17H23N3/c1-2-18-12-16-7-5-11-20(16)13-15-10-9-14-6-3-4-8-17(14)19-15/h3-4,6,8-10,16,18H,2,5,7,11-13H2,1H3. The van der Waals surface area contributed by atoms with E-state index in [-0.39, 0.29) is 0 Å². The van der Waals surface area contributed by atoms with Gasteiger partial charge >= 0.3 is 0 Å². The Balaban J connectivity index is 1.71. The highest BCUT2D eigenvalue weighted by Crippen LogP contribution is 2.20. The maximum Gasteiger partial charge on any atom is 0.0705 e. The van der Waals surface area contributed by atoms with Crippen LogP contribution in [0.2, 0.25) is 0 Å². The number of pyridine rings is 1. The van der Waals surface area contributed by atoms with E-state index in [9.17, 15) is 0 Å². The molecule has 1 aromatic heterocycles. The Morgan fingerprint density at radius 1 is 1.25 bits per heavy atom. The summed E-state index contributed by atoms with van der Waals surface area (Å²) in [7, 11) is 0. The number of likely N-dealkylation sites (tertiary alicyclic amines) is 1. The first kappa shape index (κ1) is 13.5. The highest BCUT2D eigenvalue weighted by Gasteiger charge is 2.24. The molecule has 2 heterocycles. The van der Waals surface area contributed by atoms with E-state index in [0.29, 0.717) is 6.04 Å². The summed E-state index contributed by atoms with van der Waals surface area (Å²) in [5.41, 5.74) is 2.29. The Morgan fingerprint density at radius 2 is 2.15 bits per heavy atom. The van der Waals surface area contributed by atoms with E-state index < -0.39 is 0 Å². The Morgan fingerprint density at radius 3 is 3.05 bits per heavy atom. The van der Waals surface area contributed by atoms with Crippen molar-refractivity contribution in [1.82, 2.24) is 15.2 Å². The maximum absolute atomic E-state index is 4.79. The van der Waals surface area contributed by atoms with Gasteiger partial charge in [-0.25, -0.2) is 0 Å². The molecule has 1 N–H and O–H groups in total. The van der Waals surface area contributed by atoms with Crippen LogP contribution in [0.3, 0.4) is 0 Å². The average molecular weight is 269 g/mol.